The van der Waals surface area contributed by atoms with E-state index in [1.807, 2.05) is 37.3 Å². The molecule has 54 heavy (non-hydrogen) atoms. The number of rotatable bonds is 10. The van der Waals surface area contributed by atoms with Gasteiger partial charge in [-0.1, -0.05) is 96.0 Å². The smallest absolute Gasteiger partial charge is 0.322 e. The van der Waals surface area contributed by atoms with Crippen LogP contribution in [0.3, 0.4) is 0 Å². The molecule has 0 aliphatic rings. The molecular formula is C40H37Cl2N7O4S. The lowest BCUT2D eigenvalue weighted by Gasteiger charge is -2.27. The molecule has 3 N–H and O–H groups in total. The van der Waals surface area contributed by atoms with E-state index in [2.05, 4.69) is 21.4 Å². The number of hydrogen-bond donors (Lipinski definition) is 3. The standard InChI is InChI=1S/C21H21ClN4O3S.C19H16ClN3O/c1-15-20(14-26(24-15)30(28,29)25(2)3)16-4-6-17(7-5-16)21(27,12-13-23)18-8-10-19(22)11-9-18;1-13-18(12-22-23-13)14-2-4-15(5-3-14)19(24,10-11-21)16-6-8-17(20)9-7-16/h4-11,14,27H,12H2,1-3H3;2-9,12,24H,10H2,1H3,(H,22,23). The highest BCUT2D eigenvalue weighted by Gasteiger charge is 2.33. The number of nitriles is 2. The van der Waals surface area contributed by atoms with Gasteiger partial charge in [0.2, 0.25) is 0 Å². The summed E-state index contributed by atoms with van der Waals surface area (Å²) in [4.78, 5) is 0. The van der Waals surface area contributed by atoms with Crippen molar-refractivity contribution in [1.82, 2.24) is 23.7 Å². The zero-order valence-corrected chi connectivity index (χ0v) is 32.2. The van der Waals surface area contributed by atoms with Gasteiger partial charge in [-0.05, 0) is 71.5 Å². The van der Waals surface area contributed by atoms with E-state index in [1.165, 1.54) is 20.3 Å². The molecule has 6 aromatic rings. The van der Waals surface area contributed by atoms with Crippen molar-refractivity contribution in [1.29, 1.82) is 10.5 Å². The van der Waals surface area contributed by atoms with Gasteiger partial charge in [0.1, 0.15) is 11.2 Å². The Morgan fingerprint density at radius 3 is 1.46 bits per heavy atom. The molecule has 2 atom stereocenters. The molecule has 2 aromatic heterocycles. The molecular weight excluding hydrogens is 745 g/mol. The van der Waals surface area contributed by atoms with Crippen LogP contribution in [0.5, 0.6) is 0 Å². The number of benzene rings is 4. The molecule has 11 nitrogen and oxygen atoms in total. The van der Waals surface area contributed by atoms with E-state index in [0.717, 1.165) is 30.8 Å². The number of nitrogens with zero attached hydrogens (tertiary/aromatic N) is 6. The highest BCUT2D eigenvalue weighted by molar-refractivity contribution is 7.87. The monoisotopic (exact) mass is 781 g/mol. The van der Waals surface area contributed by atoms with Crippen molar-refractivity contribution in [3.63, 3.8) is 0 Å². The van der Waals surface area contributed by atoms with Gasteiger partial charge in [-0.15, -0.1) is 0 Å². The van der Waals surface area contributed by atoms with E-state index >= 15 is 0 Å². The Morgan fingerprint density at radius 1 is 0.722 bits per heavy atom. The highest BCUT2D eigenvalue weighted by Crippen LogP contribution is 2.36. The van der Waals surface area contributed by atoms with E-state index in [9.17, 15) is 29.2 Å². The third kappa shape index (κ3) is 8.25. The van der Waals surface area contributed by atoms with Crippen molar-refractivity contribution >= 4 is 33.4 Å². The Morgan fingerprint density at radius 2 is 1.11 bits per heavy atom. The van der Waals surface area contributed by atoms with Crippen LogP contribution in [0.15, 0.2) is 109 Å². The van der Waals surface area contributed by atoms with Gasteiger partial charge in [-0.2, -0.15) is 37.5 Å². The lowest BCUT2D eigenvalue weighted by Crippen LogP contribution is -2.29. The van der Waals surface area contributed by atoms with Crippen LogP contribution in [0.25, 0.3) is 22.3 Å². The number of nitrogens with one attached hydrogen (secondary N) is 1. The average molecular weight is 783 g/mol. The first-order chi connectivity index (χ1) is 25.6. The zero-order chi connectivity index (χ0) is 39.3. The van der Waals surface area contributed by atoms with Crippen molar-refractivity contribution in [3.8, 4) is 34.4 Å². The van der Waals surface area contributed by atoms with Gasteiger partial charge < -0.3 is 10.2 Å². The fraction of sp³-hybridized carbons (Fsp3) is 0.200. The minimum Gasteiger partial charge on any atom is -0.379 e. The Balaban J connectivity index is 0.000000213. The highest BCUT2D eigenvalue weighted by atomic mass is 35.5. The Bertz CT molecular complexity index is 2420. The molecule has 0 fully saturated rings. The number of aliphatic hydroxyl groups is 2. The summed E-state index contributed by atoms with van der Waals surface area (Å²) in [6, 6.07) is 32.2. The molecule has 14 heteroatoms. The minimum atomic E-state index is -3.71. The van der Waals surface area contributed by atoms with E-state index < -0.39 is 21.4 Å². The second-order valence-electron chi connectivity index (χ2n) is 12.8. The maximum Gasteiger partial charge on any atom is 0.322 e. The third-order valence-corrected chi connectivity index (χ3v) is 11.2. The van der Waals surface area contributed by atoms with Gasteiger partial charge in [0.15, 0.2) is 0 Å². The third-order valence-electron chi connectivity index (χ3n) is 9.07. The topological polar surface area (TPSA) is 172 Å². The molecule has 4 aromatic carbocycles. The molecule has 0 radical (unpaired) electrons. The first kappa shape index (κ1) is 39.9. The van der Waals surface area contributed by atoms with Crippen molar-refractivity contribution in [3.05, 3.63) is 153 Å². The molecule has 0 bridgehead atoms. The average Bonchev–Trinajstić information content (AvgIpc) is 3.78. The number of hydrogen-bond acceptors (Lipinski definition) is 8. The Hall–Kier alpha value is -5.31. The predicted octanol–water partition coefficient (Wildman–Crippen LogP) is 7.50. The Kier molecular flexibility index (Phi) is 12.1. The van der Waals surface area contributed by atoms with Crippen molar-refractivity contribution in [2.24, 2.45) is 0 Å². The fourth-order valence-corrected chi connectivity index (χ4v) is 6.97. The van der Waals surface area contributed by atoms with E-state index in [4.69, 9.17) is 23.2 Å². The van der Waals surface area contributed by atoms with Crippen LogP contribution in [0, 0.1) is 36.5 Å². The first-order valence-corrected chi connectivity index (χ1v) is 18.7. The van der Waals surface area contributed by atoms with Gasteiger partial charge in [0.05, 0.1) is 43.1 Å². The SMILES string of the molecule is Cc1[nH]ncc1-c1ccc(C(O)(CC#N)c2ccc(Cl)cc2)cc1.Cc1nn(S(=O)(=O)N(C)C)cc1-c1ccc(C(O)(CC#N)c2ccc(Cl)cc2)cc1. The number of H-pyrrole nitrogens is 1. The van der Waals surface area contributed by atoms with Gasteiger partial charge in [0.25, 0.3) is 0 Å². The summed E-state index contributed by atoms with van der Waals surface area (Å²) in [5.41, 5.74) is 4.48. The van der Waals surface area contributed by atoms with Crippen molar-refractivity contribution < 1.29 is 18.6 Å². The summed E-state index contributed by atoms with van der Waals surface area (Å²) in [6.07, 6.45) is 3.05. The van der Waals surface area contributed by atoms with Crippen LogP contribution in [0.1, 0.15) is 46.5 Å². The van der Waals surface area contributed by atoms with Crippen LogP contribution >= 0.6 is 23.2 Å². The number of halogens is 2. The molecule has 0 saturated carbocycles. The van der Waals surface area contributed by atoms with Crippen LogP contribution < -0.4 is 0 Å². The molecule has 0 aliphatic heterocycles. The molecule has 2 unspecified atom stereocenters. The Labute approximate surface area is 324 Å². The van der Waals surface area contributed by atoms with Crippen LogP contribution in [-0.2, 0) is 21.4 Å². The van der Waals surface area contributed by atoms with Crippen LogP contribution in [0.4, 0.5) is 0 Å². The molecule has 0 saturated heterocycles. The zero-order valence-electron chi connectivity index (χ0n) is 29.9. The van der Waals surface area contributed by atoms with Crippen LogP contribution in [0.2, 0.25) is 10.0 Å². The molecule has 0 spiro atoms. The summed E-state index contributed by atoms with van der Waals surface area (Å²) in [7, 11) is -0.837. The lowest BCUT2D eigenvalue weighted by atomic mass is 9.83. The maximum absolute atomic E-state index is 12.3. The predicted molar refractivity (Wildman–Crippen MR) is 209 cm³/mol. The van der Waals surface area contributed by atoms with Gasteiger partial charge in [-0.3, -0.25) is 5.10 Å². The fourth-order valence-electron chi connectivity index (χ4n) is 5.92. The second-order valence-corrected chi connectivity index (χ2v) is 15.6. The van der Waals surface area contributed by atoms with E-state index in [1.54, 1.807) is 85.9 Å². The lowest BCUT2D eigenvalue weighted by molar-refractivity contribution is 0.0856. The molecule has 0 aliphatic carbocycles. The summed E-state index contributed by atoms with van der Waals surface area (Å²) >= 11 is 11.9. The molecule has 276 valence electrons. The number of aryl methyl sites for hydroxylation is 2. The maximum atomic E-state index is 12.3. The molecule has 6 rings (SSSR count). The summed E-state index contributed by atoms with van der Waals surface area (Å²) in [5, 5.41) is 53.0. The minimum absolute atomic E-state index is 0.0429. The molecule has 0 amide bonds. The summed E-state index contributed by atoms with van der Waals surface area (Å²) < 4.78 is 26.7. The van der Waals surface area contributed by atoms with Crippen molar-refractivity contribution in [2.45, 2.75) is 37.9 Å². The van der Waals surface area contributed by atoms with Gasteiger partial charge in [-0.25, -0.2) is 0 Å². The van der Waals surface area contributed by atoms with Gasteiger partial charge in [0, 0.05) is 41.0 Å². The second kappa shape index (κ2) is 16.4. The van der Waals surface area contributed by atoms with Crippen LogP contribution in [-0.4, -0.2) is 56.4 Å². The molecule has 2 heterocycles. The van der Waals surface area contributed by atoms with Crippen molar-refractivity contribution in [2.75, 3.05) is 14.1 Å². The van der Waals surface area contributed by atoms with E-state index in [-0.39, 0.29) is 12.8 Å². The van der Waals surface area contributed by atoms with Gasteiger partial charge >= 0.3 is 10.2 Å². The number of aromatic nitrogens is 4. The largest absolute Gasteiger partial charge is 0.379 e. The number of aromatic amines is 1. The van der Waals surface area contributed by atoms with E-state index in [0.29, 0.717) is 43.6 Å². The quantitative estimate of drug-likeness (QED) is 0.128. The summed E-state index contributed by atoms with van der Waals surface area (Å²) in [6.45, 7) is 3.68. The summed E-state index contributed by atoms with van der Waals surface area (Å²) in [5.74, 6) is 0. The first-order valence-electron chi connectivity index (χ1n) is 16.6. The normalized spacial score (nSPS) is 13.5.